The Morgan fingerprint density at radius 1 is 1.33 bits per heavy atom. The standard InChI is InChI=1S/C15H16ClN3O2/c16-12-3-1-2-4-13(12)19-14(10-5-7-17-8-6-10)11(9-18-19)15(20)21/h1-4,9-10,17H,5-8H2,(H,20,21). The SMILES string of the molecule is O=C(O)c1cnn(-c2ccccc2Cl)c1C1CCNCC1. The summed E-state index contributed by atoms with van der Waals surface area (Å²) in [6.07, 6.45) is 3.22. The van der Waals surface area contributed by atoms with Crippen molar-refractivity contribution < 1.29 is 9.90 Å². The molecule has 1 fully saturated rings. The largest absolute Gasteiger partial charge is 0.478 e. The maximum absolute atomic E-state index is 11.5. The highest BCUT2D eigenvalue weighted by Crippen LogP contribution is 2.32. The fourth-order valence-electron chi connectivity index (χ4n) is 2.83. The quantitative estimate of drug-likeness (QED) is 0.915. The van der Waals surface area contributed by atoms with Gasteiger partial charge in [-0.25, -0.2) is 9.48 Å². The molecular formula is C15H16ClN3O2. The van der Waals surface area contributed by atoms with E-state index in [1.54, 1.807) is 10.7 Å². The number of carboxylic acids is 1. The highest BCUT2D eigenvalue weighted by atomic mass is 35.5. The fourth-order valence-corrected chi connectivity index (χ4v) is 3.04. The summed E-state index contributed by atoms with van der Waals surface area (Å²) in [5.41, 5.74) is 1.74. The zero-order valence-corrected chi connectivity index (χ0v) is 12.2. The van der Waals surface area contributed by atoms with Gasteiger partial charge in [0.2, 0.25) is 0 Å². The van der Waals surface area contributed by atoms with Gasteiger partial charge < -0.3 is 10.4 Å². The van der Waals surface area contributed by atoms with Gasteiger partial charge in [0, 0.05) is 5.92 Å². The zero-order valence-electron chi connectivity index (χ0n) is 11.4. The Bertz CT molecular complexity index is 663. The number of para-hydroxylation sites is 1. The topological polar surface area (TPSA) is 67.1 Å². The number of hydrogen-bond donors (Lipinski definition) is 2. The van der Waals surface area contributed by atoms with Gasteiger partial charge in [0.15, 0.2) is 0 Å². The third-order valence-corrected chi connectivity index (χ3v) is 4.16. The van der Waals surface area contributed by atoms with Gasteiger partial charge in [-0.3, -0.25) is 0 Å². The molecule has 0 bridgehead atoms. The number of piperidine rings is 1. The molecule has 0 radical (unpaired) electrons. The molecule has 2 N–H and O–H groups in total. The van der Waals surface area contributed by atoms with E-state index in [0.717, 1.165) is 37.3 Å². The highest BCUT2D eigenvalue weighted by Gasteiger charge is 2.27. The van der Waals surface area contributed by atoms with Gasteiger partial charge in [0.25, 0.3) is 0 Å². The van der Waals surface area contributed by atoms with Crippen LogP contribution in [0.2, 0.25) is 5.02 Å². The lowest BCUT2D eigenvalue weighted by molar-refractivity contribution is 0.0694. The van der Waals surface area contributed by atoms with Crippen molar-refractivity contribution in [3.63, 3.8) is 0 Å². The summed E-state index contributed by atoms with van der Waals surface area (Å²) in [6.45, 7) is 1.77. The van der Waals surface area contributed by atoms with E-state index in [-0.39, 0.29) is 11.5 Å². The van der Waals surface area contributed by atoms with Gasteiger partial charge in [-0.05, 0) is 38.1 Å². The van der Waals surface area contributed by atoms with Gasteiger partial charge in [-0.2, -0.15) is 5.10 Å². The molecule has 1 aliphatic heterocycles. The molecule has 1 aliphatic rings. The van der Waals surface area contributed by atoms with Crippen molar-refractivity contribution in [1.82, 2.24) is 15.1 Å². The highest BCUT2D eigenvalue weighted by molar-refractivity contribution is 6.32. The predicted octanol–water partition coefficient (Wildman–Crippen LogP) is 2.69. The molecule has 2 heterocycles. The van der Waals surface area contributed by atoms with Crippen LogP contribution in [-0.4, -0.2) is 33.9 Å². The second-order valence-electron chi connectivity index (χ2n) is 5.14. The smallest absolute Gasteiger partial charge is 0.339 e. The maximum Gasteiger partial charge on any atom is 0.339 e. The van der Waals surface area contributed by atoms with E-state index < -0.39 is 5.97 Å². The summed E-state index contributed by atoms with van der Waals surface area (Å²) in [6, 6.07) is 7.35. The Kier molecular flexibility index (Phi) is 3.94. The number of rotatable bonds is 3. The number of nitrogens with zero attached hydrogens (tertiary/aromatic N) is 2. The van der Waals surface area contributed by atoms with Gasteiger partial charge in [-0.15, -0.1) is 0 Å². The lowest BCUT2D eigenvalue weighted by Gasteiger charge is -2.24. The fraction of sp³-hybridized carbons (Fsp3) is 0.333. The van der Waals surface area contributed by atoms with Crippen LogP contribution in [0.25, 0.3) is 5.69 Å². The molecule has 5 nitrogen and oxygen atoms in total. The number of benzene rings is 1. The van der Waals surface area contributed by atoms with Crippen LogP contribution < -0.4 is 5.32 Å². The molecule has 1 aromatic heterocycles. The van der Waals surface area contributed by atoms with Crippen LogP contribution in [0.4, 0.5) is 0 Å². The zero-order chi connectivity index (χ0) is 14.8. The van der Waals surface area contributed by atoms with Crippen molar-refractivity contribution in [3.05, 3.63) is 46.7 Å². The molecule has 0 saturated carbocycles. The normalized spacial score (nSPS) is 16.0. The number of halogens is 1. The molecule has 3 rings (SSSR count). The first-order valence-electron chi connectivity index (χ1n) is 6.95. The van der Waals surface area contributed by atoms with Crippen molar-refractivity contribution >= 4 is 17.6 Å². The van der Waals surface area contributed by atoms with Gasteiger partial charge in [-0.1, -0.05) is 23.7 Å². The molecule has 0 aliphatic carbocycles. The van der Waals surface area contributed by atoms with Crippen LogP contribution in [0.1, 0.15) is 34.8 Å². The molecule has 2 aromatic rings. The van der Waals surface area contributed by atoms with Crippen LogP contribution in [-0.2, 0) is 0 Å². The summed E-state index contributed by atoms with van der Waals surface area (Å²) < 4.78 is 1.68. The Balaban J connectivity index is 2.12. The van der Waals surface area contributed by atoms with E-state index in [4.69, 9.17) is 11.6 Å². The Morgan fingerprint density at radius 3 is 2.71 bits per heavy atom. The number of aromatic carboxylic acids is 1. The van der Waals surface area contributed by atoms with Gasteiger partial charge in [0.1, 0.15) is 5.56 Å². The Labute approximate surface area is 127 Å². The number of aromatic nitrogens is 2. The summed E-state index contributed by atoms with van der Waals surface area (Å²) in [4.78, 5) is 11.5. The van der Waals surface area contributed by atoms with E-state index in [9.17, 15) is 9.90 Å². The molecule has 0 spiro atoms. The van der Waals surface area contributed by atoms with Crippen molar-refractivity contribution in [3.8, 4) is 5.69 Å². The monoisotopic (exact) mass is 305 g/mol. The average Bonchev–Trinajstić information content (AvgIpc) is 2.93. The number of nitrogens with one attached hydrogen (secondary N) is 1. The third-order valence-electron chi connectivity index (χ3n) is 3.84. The van der Waals surface area contributed by atoms with Crippen LogP contribution in [0, 0.1) is 0 Å². The van der Waals surface area contributed by atoms with E-state index in [0.29, 0.717) is 5.02 Å². The minimum atomic E-state index is -0.943. The van der Waals surface area contributed by atoms with Crippen LogP contribution in [0.3, 0.4) is 0 Å². The van der Waals surface area contributed by atoms with E-state index in [1.807, 2.05) is 18.2 Å². The molecule has 0 atom stereocenters. The van der Waals surface area contributed by atoms with Gasteiger partial charge in [0.05, 0.1) is 22.6 Å². The number of carbonyl (C=O) groups is 1. The Hall–Kier alpha value is -1.85. The molecule has 110 valence electrons. The second kappa shape index (κ2) is 5.87. The molecule has 6 heteroatoms. The van der Waals surface area contributed by atoms with Crippen molar-refractivity contribution in [2.75, 3.05) is 13.1 Å². The first-order chi connectivity index (χ1) is 10.2. The third kappa shape index (κ3) is 2.66. The average molecular weight is 306 g/mol. The predicted molar refractivity (Wildman–Crippen MR) is 80.4 cm³/mol. The molecule has 0 unspecified atom stereocenters. The number of carboxylic acid groups (broad SMARTS) is 1. The maximum atomic E-state index is 11.5. The lowest BCUT2D eigenvalue weighted by atomic mass is 9.92. The first-order valence-corrected chi connectivity index (χ1v) is 7.33. The molecule has 0 amide bonds. The van der Waals surface area contributed by atoms with E-state index in [1.165, 1.54) is 6.20 Å². The molecule has 21 heavy (non-hydrogen) atoms. The van der Waals surface area contributed by atoms with Crippen LogP contribution >= 0.6 is 11.6 Å². The summed E-state index contributed by atoms with van der Waals surface area (Å²) in [5, 5.41) is 17.6. The molecular weight excluding hydrogens is 290 g/mol. The van der Waals surface area contributed by atoms with Crippen LogP contribution in [0.15, 0.2) is 30.5 Å². The molecule has 1 aromatic carbocycles. The first kappa shape index (κ1) is 14.1. The van der Waals surface area contributed by atoms with Gasteiger partial charge >= 0.3 is 5.97 Å². The summed E-state index contributed by atoms with van der Waals surface area (Å²) in [5.74, 6) is -0.766. The molecule has 1 saturated heterocycles. The van der Waals surface area contributed by atoms with E-state index in [2.05, 4.69) is 10.4 Å². The Morgan fingerprint density at radius 2 is 2.05 bits per heavy atom. The minimum Gasteiger partial charge on any atom is -0.478 e. The minimum absolute atomic E-state index is 0.177. The summed E-state index contributed by atoms with van der Waals surface area (Å²) in [7, 11) is 0. The lowest BCUT2D eigenvalue weighted by Crippen LogP contribution is -2.28. The van der Waals surface area contributed by atoms with Crippen molar-refractivity contribution in [2.24, 2.45) is 0 Å². The number of hydrogen-bond acceptors (Lipinski definition) is 3. The van der Waals surface area contributed by atoms with Crippen LogP contribution in [0.5, 0.6) is 0 Å². The second-order valence-corrected chi connectivity index (χ2v) is 5.54. The van der Waals surface area contributed by atoms with Crippen molar-refractivity contribution in [2.45, 2.75) is 18.8 Å². The van der Waals surface area contributed by atoms with Crippen molar-refractivity contribution in [1.29, 1.82) is 0 Å². The van der Waals surface area contributed by atoms with E-state index >= 15 is 0 Å². The summed E-state index contributed by atoms with van der Waals surface area (Å²) >= 11 is 6.24.